The Hall–Kier alpha value is -1.81. The van der Waals surface area contributed by atoms with Gasteiger partial charge in [0.25, 0.3) is 5.91 Å². The second-order valence-electron chi connectivity index (χ2n) is 5.40. The Balaban J connectivity index is 2.34. The molecular formula is C17H21ClN2O2. The van der Waals surface area contributed by atoms with Crippen molar-refractivity contribution in [3.63, 3.8) is 0 Å². The Morgan fingerprint density at radius 3 is 2.27 bits per heavy atom. The first kappa shape index (κ1) is 16.6. The number of nitrogens with one attached hydrogen (secondary N) is 1. The van der Waals surface area contributed by atoms with E-state index in [0.29, 0.717) is 16.6 Å². The minimum atomic E-state index is -0.450. The van der Waals surface area contributed by atoms with Crippen LogP contribution in [-0.2, 0) is 5.54 Å². The summed E-state index contributed by atoms with van der Waals surface area (Å²) in [6.45, 7) is 7.61. The zero-order valence-corrected chi connectivity index (χ0v) is 14.1. The number of halogens is 1. The first-order valence-corrected chi connectivity index (χ1v) is 7.82. The normalized spacial score (nSPS) is 11.5. The average molecular weight is 321 g/mol. The van der Waals surface area contributed by atoms with E-state index in [9.17, 15) is 4.79 Å². The summed E-state index contributed by atoms with van der Waals surface area (Å²) in [4.78, 5) is 16.7. The van der Waals surface area contributed by atoms with Gasteiger partial charge in [-0.15, -0.1) is 0 Å². The fourth-order valence-corrected chi connectivity index (χ4v) is 2.82. The Labute approximate surface area is 135 Å². The Kier molecular flexibility index (Phi) is 4.91. The molecule has 118 valence electrons. The monoisotopic (exact) mass is 320 g/mol. The number of carbonyl (C=O) groups excluding carboxylic acids is 1. The van der Waals surface area contributed by atoms with Gasteiger partial charge in [-0.1, -0.05) is 37.6 Å². The van der Waals surface area contributed by atoms with E-state index in [1.807, 2.05) is 24.3 Å². The maximum atomic E-state index is 12.6. The summed E-state index contributed by atoms with van der Waals surface area (Å²) in [5.41, 5.74) is 1.19. The quantitative estimate of drug-likeness (QED) is 0.888. The van der Waals surface area contributed by atoms with Crippen LogP contribution in [0.3, 0.4) is 0 Å². The van der Waals surface area contributed by atoms with Crippen LogP contribution in [0.5, 0.6) is 0 Å². The molecule has 4 nitrogen and oxygen atoms in total. The molecule has 1 N–H and O–H groups in total. The Morgan fingerprint density at radius 1 is 1.23 bits per heavy atom. The summed E-state index contributed by atoms with van der Waals surface area (Å²) in [6, 6.07) is 7.59. The summed E-state index contributed by atoms with van der Waals surface area (Å²) >= 11 is 5.96. The number of hydrogen-bond donors (Lipinski definition) is 1. The highest BCUT2D eigenvalue weighted by Crippen LogP contribution is 2.30. The molecular weight excluding hydrogens is 300 g/mol. The van der Waals surface area contributed by atoms with E-state index < -0.39 is 5.54 Å². The number of carbonyl (C=O) groups is 1. The molecule has 0 radical (unpaired) electrons. The van der Waals surface area contributed by atoms with Crippen LogP contribution in [0.2, 0.25) is 5.02 Å². The lowest BCUT2D eigenvalue weighted by Crippen LogP contribution is -2.45. The minimum absolute atomic E-state index is 0.239. The first-order chi connectivity index (χ1) is 10.4. The lowest BCUT2D eigenvalue weighted by atomic mass is 9.84. The van der Waals surface area contributed by atoms with Crippen LogP contribution in [0.25, 0.3) is 0 Å². The number of hydrogen-bond acceptors (Lipinski definition) is 3. The maximum Gasteiger partial charge on any atom is 0.289 e. The second kappa shape index (κ2) is 6.53. The standard InChI is InChI=1S/C17H21ClN2O2/c1-5-17(6-2,13-7-9-14(18)10-8-13)20-16(21)15-11(3)19-12(4)22-15/h7-10H,5-6H2,1-4H3,(H,20,21). The van der Waals surface area contributed by atoms with E-state index >= 15 is 0 Å². The average Bonchev–Trinajstić information content (AvgIpc) is 2.84. The van der Waals surface area contributed by atoms with Crippen molar-refractivity contribution in [1.82, 2.24) is 10.3 Å². The molecule has 0 saturated carbocycles. The van der Waals surface area contributed by atoms with Gasteiger partial charge in [-0.05, 0) is 37.5 Å². The van der Waals surface area contributed by atoms with E-state index in [1.165, 1.54) is 0 Å². The van der Waals surface area contributed by atoms with Crippen molar-refractivity contribution in [3.8, 4) is 0 Å². The summed E-state index contributed by atoms with van der Waals surface area (Å²) in [5, 5.41) is 3.80. The van der Waals surface area contributed by atoms with Crippen molar-refractivity contribution in [2.45, 2.75) is 46.1 Å². The van der Waals surface area contributed by atoms with Crippen LogP contribution in [0.4, 0.5) is 0 Å². The number of benzene rings is 1. The van der Waals surface area contributed by atoms with Crippen LogP contribution < -0.4 is 5.32 Å². The molecule has 5 heteroatoms. The zero-order valence-electron chi connectivity index (χ0n) is 13.4. The number of aromatic nitrogens is 1. The summed E-state index contributed by atoms with van der Waals surface area (Å²) in [7, 11) is 0. The molecule has 1 heterocycles. The third-order valence-electron chi connectivity index (χ3n) is 4.07. The highest BCUT2D eigenvalue weighted by atomic mass is 35.5. The molecule has 1 amide bonds. The third-order valence-corrected chi connectivity index (χ3v) is 4.32. The molecule has 2 rings (SSSR count). The highest BCUT2D eigenvalue weighted by molar-refractivity contribution is 6.30. The van der Waals surface area contributed by atoms with Gasteiger partial charge in [-0.3, -0.25) is 4.79 Å². The molecule has 0 aliphatic rings. The van der Waals surface area contributed by atoms with Gasteiger partial charge in [0.1, 0.15) is 0 Å². The number of aryl methyl sites for hydroxylation is 2. The molecule has 0 bridgehead atoms. The molecule has 0 aliphatic carbocycles. The van der Waals surface area contributed by atoms with E-state index in [4.69, 9.17) is 16.0 Å². The lowest BCUT2D eigenvalue weighted by molar-refractivity contribution is 0.0858. The number of nitrogens with zero attached hydrogens (tertiary/aromatic N) is 1. The van der Waals surface area contributed by atoms with E-state index in [2.05, 4.69) is 24.1 Å². The second-order valence-corrected chi connectivity index (χ2v) is 5.83. The molecule has 0 unspecified atom stereocenters. The van der Waals surface area contributed by atoms with Crippen molar-refractivity contribution >= 4 is 17.5 Å². The van der Waals surface area contributed by atoms with Crippen LogP contribution in [0.15, 0.2) is 28.7 Å². The lowest BCUT2D eigenvalue weighted by Gasteiger charge is -2.33. The van der Waals surface area contributed by atoms with Gasteiger partial charge in [0.15, 0.2) is 5.89 Å². The van der Waals surface area contributed by atoms with E-state index in [0.717, 1.165) is 18.4 Å². The predicted molar refractivity (Wildman–Crippen MR) is 87.2 cm³/mol. The molecule has 0 aliphatic heterocycles. The molecule has 22 heavy (non-hydrogen) atoms. The van der Waals surface area contributed by atoms with Gasteiger partial charge in [0.2, 0.25) is 5.76 Å². The SMILES string of the molecule is CCC(CC)(NC(=O)c1oc(C)nc1C)c1ccc(Cl)cc1. The van der Waals surface area contributed by atoms with Gasteiger partial charge < -0.3 is 9.73 Å². The maximum absolute atomic E-state index is 12.6. The van der Waals surface area contributed by atoms with Gasteiger partial charge in [-0.25, -0.2) is 4.98 Å². The summed E-state index contributed by atoms with van der Waals surface area (Å²) in [6.07, 6.45) is 1.53. The van der Waals surface area contributed by atoms with Gasteiger partial charge >= 0.3 is 0 Å². The van der Waals surface area contributed by atoms with Crippen molar-refractivity contribution in [1.29, 1.82) is 0 Å². The molecule has 1 aromatic carbocycles. The minimum Gasteiger partial charge on any atom is -0.436 e. The molecule has 2 aromatic rings. The summed E-state index contributed by atoms with van der Waals surface area (Å²) < 4.78 is 5.42. The van der Waals surface area contributed by atoms with Crippen LogP contribution >= 0.6 is 11.6 Å². The van der Waals surface area contributed by atoms with E-state index in [1.54, 1.807) is 13.8 Å². The van der Waals surface area contributed by atoms with Crippen LogP contribution in [0, 0.1) is 13.8 Å². The third kappa shape index (κ3) is 3.17. The zero-order chi connectivity index (χ0) is 16.3. The van der Waals surface area contributed by atoms with E-state index in [-0.39, 0.29) is 11.7 Å². The fraction of sp³-hybridized carbons (Fsp3) is 0.412. The van der Waals surface area contributed by atoms with Gasteiger partial charge in [0, 0.05) is 11.9 Å². The molecule has 0 fully saturated rings. The largest absolute Gasteiger partial charge is 0.436 e. The Morgan fingerprint density at radius 2 is 1.82 bits per heavy atom. The topological polar surface area (TPSA) is 55.1 Å². The number of rotatable bonds is 5. The summed E-state index contributed by atoms with van der Waals surface area (Å²) in [5.74, 6) is 0.530. The van der Waals surface area contributed by atoms with Crippen LogP contribution in [0.1, 0.15) is 54.4 Å². The van der Waals surface area contributed by atoms with Crippen molar-refractivity contribution in [3.05, 3.63) is 52.2 Å². The van der Waals surface area contributed by atoms with Crippen molar-refractivity contribution in [2.24, 2.45) is 0 Å². The number of oxazole rings is 1. The van der Waals surface area contributed by atoms with Crippen molar-refractivity contribution in [2.75, 3.05) is 0 Å². The molecule has 0 atom stereocenters. The highest BCUT2D eigenvalue weighted by Gasteiger charge is 2.32. The fourth-order valence-electron chi connectivity index (χ4n) is 2.69. The molecule has 1 aromatic heterocycles. The predicted octanol–water partition coefficient (Wildman–Crippen LogP) is 4.39. The Bertz CT molecular complexity index is 658. The first-order valence-electron chi connectivity index (χ1n) is 7.44. The van der Waals surface area contributed by atoms with Crippen molar-refractivity contribution < 1.29 is 9.21 Å². The number of amides is 1. The molecule has 0 spiro atoms. The van der Waals surface area contributed by atoms with Gasteiger partial charge in [-0.2, -0.15) is 0 Å². The smallest absolute Gasteiger partial charge is 0.289 e. The van der Waals surface area contributed by atoms with Gasteiger partial charge in [0.05, 0.1) is 11.2 Å². The molecule has 0 saturated heterocycles. The van der Waals surface area contributed by atoms with Crippen LogP contribution in [-0.4, -0.2) is 10.9 Å².